The van der Waals surface area contributed by atoms with Gasteiger partial charge in [-0.15, -0.1) is 5.73 Å². The van der Waals surface area contributed by atoms with E-state index in [-0.39, 0.29) is 11.3 Å². The Kier molecular flexibility index (Phi) is 7.03. The first-order valence-electron chi connectivity index (χ1n) is 11.0. The topological polar surface area (TPSA) is 65.1 Å². The second-order valence-electron chi connectivity index (χ2n) is 7.78. The minimum Gasteiger partial charge on any atom is -0.376 e. The molecule has 3 N–H and O–H groups in total. The lowest BCUT2D eigenvalue weighted by atomic mass is 10.0. The predicted molar refractivity (Wildman–Crippen MR) is 135 cm³/mol. The highest BCUT2D eigenvalue weighted by Crippen LogP contribution is 2.33. The second-order valence-corrected chi connectivity index (χ2v) is 7.78. The smallest absolute Gasteiger partial charge is 0.376 e. The summed E-state index contributed by atoms with van der Waals surface area (Å²) in [7, 11) is 0. The summed E-state index contributed by atoms with van der Waals surface area (Å²) >= 11 is 0. The number of hydrogen-bond acceptors (Lipinski definition) is 4. The Morgan fingerprint density at radius 3 is 2.43 bits per heavy atom. The highest BCUT2D eigenvalue weighted by molar-refractivity contribution is 6.02. The number of benzene rings is 3. The summed E-state index contributed by atoms with van der Waals surface area (Å²) in [6.45, 7) is 6.45. The average molecular weight is 476 g/mol. The van der Waals surface area contributed by atoms with Crippen molar-refractivity contribution in [3.05, 3.63) is 102 Å². The number of H-pyrrole nitrogens is 1. The van der Waals surface area contributed by atoms with Crippen LogP contribution in [0.15, 0.2) is 90.1 Å². The van der Waals surface area contributed by atoms with E-state index in [9.17, 15) is 13.2 Å². The number of aromatic nitrogens is 2. The van der Waals surface area contributed by atoms with Crippen LogP contribution in [0.4, 0.5) is 24.7 Å². The number of nitrogens with zero attached hydrogens (tertiary/aromatic N) is 2. The fourth-order valence-electron chi connectivity index (χ4n) is 3.79. The Hall–Kier alpha value is -4.29. The Morgan fingerprint density at radius 2 is 1.66 bits per heavy atom. The number of fused-ring (bicyclic) bond motifs is 1. The van der Waals surface area contributed by atoms with Crippen LogP contribution in [0.5, 0.6) is 0 Å². The maximum absolute atomic E-state index is 13.5. The molecule has 0 spiro atoms. The van der Waals surface area contributed by atoms with Crippen LogP contribution in [0.2, 0.25) is 0 Å². The molecule has 0 aliphatic heterocycles. The first-order chi connectivity index (χ1) is 16.9. The van der Waals surface area contributed by atoms with Crippen LogP contribution < -0.4 is 10.6 Å². The number of hydrogen-bond donors (Lipinski definition) is 3. The lowest BCUT2D eigenvalue weighted by Gasteiger charge is -2.14. The zero-order valence-corrected chi connectivity index (χ0v) is 19.1. The van der Waals surface area contributed by atoms with Gasteiger partial charge in [-0.1, -0.05) is 55.1 Å². The van der Waals surface area contributed by atoms with Crippen molar-refractivity contribution in [2.24, 2.45) is 4.99 Å². The number of aliphatic imine (C=N–C) groups is 1. The van der Waals surface area contributed by atoms with Crippen molar-refractivity contribution in [2.75, 3.05) is 18.4 Å². The normalized spacial score (nSPS) is 11.8. The Bertz CT molecular complexity index is 1410. The molecule has 0 fully saturated rings. The van der Waals surface area contributed by atoms with Crippen LogP contribution >= 0.6 is 0 Å². The number of para-hydroxylation sites is 2. The molecule has 0 saturated carbocycles. The van der Waals surface area contributed by atoms with Crippen molar-refractivity contribution in [3.63, 3.8) is 0 Å². The van der Waals surface area contributed by atoms with Gasteiger partial charge in [-0.05, 0) is 31.2 Å². The summed E-state index contributed by atoms with van der Waals surface area (Å²) in [5, 5.41) is 14.8. The number of rotatable bonds is 8. The van der Waals surface area contributed by atoms with Crippen molar-refractivity contribution in [1.82, 2.24) is 15.5 Å². The molecular formula is C27H24F3N5. The van der Waals surface area contributed by atoms with Gasteiger partial charge in [-0.25, -0.2) is 0 Å². The van der Waals surface area contributed by atoms with E-state index in [4.69, 9.17) is 0 Å². The molecule has 0 atom stereocenters. The summed E-state index contributed by atoms with van der Waals surface area (Å²) in [5.74, 6) is 0.760. The van der Waals surface area contributed by atoms with Gasteiger partial charge in [0.2, 0.25) is 0 Å². The summed E-state index contributed by atoms with van der Waals surface area (Å²) in [5.41, 5.74) is 5.25. The highest BCUT2D eigenvalue weighted by Gasteiger charge is 2.33. The molecule has 3 aromatic carbocycles. The van der Waals surface area contributed by atoms with Crippen LogP contribution in [0.1, 0.15) is 23.6 Å². The molecule has 0 aliphatic rings. The predicted octanol–water partition coefficient (Wildman–Crippen LogP) is 6.55. The summed E-state index contributed by atoms with van der Waals surface area (Å²) in [4.78, 5) is 4.53. The maximum Gasteiger partial charge on any atom is 0.417 e. The van der Waals surface area contributed by atoms with Crippen LogP contribution in [-0.4, -0.2) is 29.0 Å². The van der Waals surface area contributed by atoms with Crippen molar-refractivity contribution >= 4 is 33.8 Å². The highest BCUT2D eigenvalue weighted by atomic mass is 19.4. The van der Waals surface area contributed by atoms with Gasteiger partial charge in [-0.3, -0.25) is 10.1 Å². The molecule has 0 bridgehead atoms. The van der Waals surface area contributed by atoms with Crippen molar-refractivity contribution in [1.29, 1.82) is 0 Å². The summed E-state index contributed by atoms with van der Waals surface area (Å²) < 4.78 is 40.4. The van der Waals surface area contributed by atoms with Gasteiger partial charge in [0.15, 0.2) is 5.82 Å². The Balaban J connectivity index is 1.50. The van der Waals surface area contributed by atoms with Crippen LogP contribution in [0.25, 0.3) is 16.6 Å². The summed E-state index contributed by atoms with van der Waals surface area (Å²) in [6, 6.07) is 20.5. The van der Waals surface area contributed by atoms with Crippen LogP contribution in [-0.2, 0) is 6.18 Å². The fraction of sp³-hybridized carbons (Fsp3) is 0.148. The van der Waals surface area contributed by atoms with Crippen LogP contribution in [0, 0.1) is 0 Å². The van der Waals surface area contributed by atoms with E-state index in [0.717, 1.165) is 22.8 Å². The minimum absolute atomic E-state index is 0.0438. The zero-order chi connectivity index (χ0) is 24.8. The van der Waals surface area contributed by atoms with Gasteiger partial charge in [0.1, 0.15) is 0 Å². The molecule has 1 heterocycles. The molecule has 0 unspecified atom stereocenters. The minimum atomic E-state index is -4.47. The molecule has 178 valence electrons. The third-order valence-corrected chi connectivity index (χ3v) is 5.45. The Labute approximate surface area is 201 Å². The average Bonchev–Trinajstić information content (AvgIpc) is 3.27. The lowest BCUT2D eigenvalue weighted by Crippen LogP contribution is -2.21. The largest absolute Gasteiger partial charge is 0.417 e. The first-order valence-corrected chi connectivity index (χ1v) is 11.0. The zero-order valence-electron chi connectivity index (χ0n) is 19.1. The second kappa shape index (κ2) is 10.3. The standard InChI is InChI=1S/C27H24F3N5/c1-3-23(31-16-17-32-26-21-12-6-9-15-25(21)34-35-26)20-11-5-8-14-24(20)33-18(2)19-10-4-7-13-22(19)27(28,29)30/h4-15,31H,1,16-17H2,2H3,(H2,32,34,35)/b33-18+. The van der Waals surface area contributed by atoms with E-state index in [2.05, 4.69) is 38.1 Å². The SMILES string of the molecule is C=C=C(NCCNc1n[nH]c2ccccc12)c1ccccc1/N=C(\C)c1ccccc1C(F)(F)F. The number of nitrogens with one attached hydrogen (secondary N) is 3. The number of anilines is 1. The molecule has 0 amide bonds. The molecule has 4 aromatic rings. The van der Waals surface area contributed by atoms with Crippen molar-refractivity contribution in [2.45, 2.75) is 13.1 Å². The first kappa shape index (κ1) is 23.9. The van der Waals surface area contributed by atoms with E-state index in [1.807, 2.05) is 36.4 Å². The van der Waals surface area contributed by atoms with Gasteiger partial charge < -0.3 is 10.6 Å². The van der Waals surface area contributed by atoms with E-state index in [0.29, 0.717) is 30.0 Å². The molecule has 4 rings (SSSR count). The van der Waals surface area contributed by atoms with Gasteiger partial charge in [0.05, 0.1) is 22.5 Å². The molecule has 5 nitrogen and oxygen atoms in total. The van der Waals surface area contributed by atoms with Gasteiger partial charge in [0.25, 0.3) is 0 Å². The summed E-state index contributed by atoms with van der Waals surface area (Å²) in [6.07, 6.45) is -4.47. The monoisotopic (exact) mass is 475 g/mol. The third-order valence-electron chi connectivity index (χ3n) is 5.45. The molecule has 1 aromatic heterocycles. The van der Waals surface area contributed by atoms with Gasteiger partial charge in [0, 0.05) is 35.3 Å². The van der Waals surface area contributed by atoms with Crippen molar-refractivity contribution < 1.29 is 13.2 Å². The third kappa shape index (κ3) is 5.45. The Morgan fingerprint density at radius 1 is 0.971 bits per heavy atom. The van der Waals surface area contributed by atoms with E-state index in [1.165, 1.54) is 12.1 Å². The quantitative estimate of drug-likeness (QED) is 0.154. The molecule has 8 heteroatoms. The van der Waals surface area contributed by atoms with E-state index < -0.39 is 11.7 Å². The lowest BCUT2D eigenvalue weighted by molar-refractivity contribution is -0.137. The van der Waals surface area contributed by atoms with Crippen LogP contribution in [0.3, 0.4) is 0 Å². The molecule has 35 heavy (non-hydrogen) atoms. The number of alkyl halides is 3. The van der Waals surface area contributed by atoms with Gasteiger partial charge >= 0.3 is 6.18 Å². The van der Waals surface area contributed by atoms with E-state index in [1.54, 1.807) is 25.1 Å². The van der Waals surface area contributed by atoms with E-state index >= 15 is 0 Å². The molecule has 0 aliphatic carbocycles. The number of aromatic amines is 1. The maximum atomic E-state index is 13.5. The van der Waals surface area contributed by atoms with Crippen molar-refractivity contribution in [3.8, 4) is 0 Å². The molecular weight excluding hydrogens is 451 g/mol. The van der Waals surface area contributed by atoms with Gasteiger partial charge in [-0.2, -0.15) is 18.3 Å². The fourth-order valence-corrected chi connectivity index (χ4v) is 3.79. The number of halogens is 3. The molecule has 0 saturated heterocycles. The molecule has 0 radical (unpaired) electrons.